The molecule has 0 heterocycles. The number of aliphatic hydroxyl groups excluding tert-OH is 6. The van der Waals surface area contributed by atoms with Gasteiger partial charge in [-0.1, -0.05) is 0 Å². The molecule has 0 spiro atoms. The van der Waals surface area contributed by atoms with Crippen LogP contribution in [0, 0.1) is 0 Å². The molecule has 0 aromatic carbocycles. The fourth-order valence-corrected chi connectivity index (χ4v) is 1.000. The van der Waals surface area contributed by atoms with Crippen LogP contribution >= 0.6 is 0 Å². The van der Waals surface area contributed by atoms with Gasteiger partial charge in [-0.2, -0.15) is 0 Å². The summed E-state index contributed by atoms with van der Waals surface area (Å²) in [7, 11) is 0. The van der Waals surface area contributed by atoms with Gasteiger partial charge in [0, 0.05) is 12.8 Å². The van der Waals surface area contributed by atoms with E-state index in [1.807, 2.05) is 0 Å². The summed E-state index contributed by atoms with van der Waals surface area (Å²) >= 11 is 0. The highest BCUT2D eigenvalue weighted by molar-refractivity contribution is 5.55. The summed E-state index contributed by atoms with van der Waals surface area (Å²) in [5.74, 6) is 0. The van der Waals surface area contributed by atoms with E-state index >= 15 is 0 Å². The quantitative estimate of drug-likeness (QED) is 0.265. The van der Waals surface area contributed by atoms with Gasteiger partial charge in [0.15, 0.2) is 0 Å². The van der Waals surface area contributed by atoms with Crippen LogP contribution in [0.1, 0.15) is 26.7 Å². The summed E-state index contributed by atoms with van der Waals surface area (Å²) < 4.78 is 0. The van der Waals surface area contributed by atoms with E-state index in [2.05, 4.69) is 0 Å². The van der Waals surface area contributed by atoms with E-state index in [-0.39, 0.29) is 12.8 Å². The predicted octanol–water partition coefficient (Wildman–Crippen LogP) is -2.64. The minimum atomic E-state index is -1.18. The molecular weight excluding hydrogens is 272 g/mol. The van der Waals surface area contributed by atoms with Crippen molar-refractivity contribution < 1.29 is 40.2 Å². The minimum absolute atomic E-state index is 0.110. The summed E-state index contributed by atoms with van der Waals surface area (Å²) in [5.41, 5.74) is 0. The molecule has 20 heavy (non-hydrogen) atoms. The normalized spacial score (nSPS) is 19.6. The van der Waals surface area contributed by atoms with Crippen LogP contribution in [-0.2, 0) is 9.59 Å². The van der Waals surface area contributed by atoms with E-state index in [1.165, 1.54) is 13.8 Å². The Morgan fingerprint density at radius 3 is 1.10 bits per heavy atom. The SMILES string of the molecule is C[C@@H](O)[C@@H](O)C[C@H](O)C=O.C[C@@H](O)[C@@H](O)C[C@H](O)C=O. The van der Waals surface area contributed by atoms with Gasteiger partial charge in [0.25, 0.3) is 0 Å². The Hall–Kier alpha value is -0.900. The van der Waals surface area contributed by atoms with Crippen molar-refractivity contribution in [2.45, 2.75) is 63.3 Å². The zero-order valence-corrected chi connectivity index (χ0v) is 11.5. The molecule has 0 aliphatic carbocycles. The van der Waals surface area contributed by atoms with E-state index in [1.54, 1.807) is 0 Å². The highest BCUT2D eigenvalue weighted by atomic mass is 16.3. The first-order chi connectivity index (χ1) is 9.15. The Bertz CT molecular complexity index is 230. The van der Waals surface area contributed by atoms with Gasteiger partial charge in [-0.3, -0.25) is 0 Å². The van der Waals surface area contributed by atoms with Gasteiger partial charge in [-0.25, -0.2) is 0 Å². The molecule has 0 radical (unpaired) electrons. The molecule has 0 saturated heterocycles. The number of hydrogen-bond donors (Lipinski definition) is 6. The lowest BCUT2D eigenvalue weighted by atomic mass is 10.1. The molecule has 6 N–H and O–H groups in total. The average Bonchev–Trinajstić information content (AvgIpc) is 2.38. The standard InChI is InChI=1S/2C6H12O4/c2*1-4(8)6(10)2-5(9)3-7/h2*3-6,8-10H,2H2,1H3/t2*4-,5+,6+/m11/s1. The second-order valence-corrected chi connectivity index (χ2v) is 4.49. The molecule has 0 fully saturated rings. The fourth-order valence-electron chi connectivity index (χ4n) is 1.000. The number of aliphatic hydroxyl groups is 6. The number of carbonyl (C=O) groups excluding carboxylic acids is 2. The second kappa shape index (κ2) is 11.9. The van der Waals surface area contributed by atoms with Crippen molar-refractivity contribution in [3.8, 4) is 0 Å². The summed E-state index contributed by atoms with van der Waals surface area (Å²) in [6, 6.07) is 0. The van der Waals surface area contributed by atoms with Crippen LogP contribution in [0.2, 0.25) is 0 Å². The minimum Gasteiger partial charge on any atom is -0.391 e. The van der Waals surface area contributed by atoms with Crippen molar-refractivity contribution >= 4 is 12.6 Å². The lowest BCUT2D eigenvalue weighted by Gasteiger charge is -2.13. The van der Waals surface area contributed by atoms with Crippen molar-refractivity contribution in [2.75, 3.05) is 0 Å². The van der Waals surface area contributed by atoms with Crippen LogP contribution in [0.15, 0.2) is 0 Å². The first kappa shape index (κ1) is 21.4. The molecule has 8 heteroatoms. The maximum absolute atomic E-state index is 9.82. The van der Waals surface area contributed by atoms with Crippen LogP contribution in [0.3, 0.4) is 0 Å². The highest BCUT2D eigenvalue weighted by Gasteiger charge is 2.15. The molecule has 0 unspecified atom stereocenters. The molecule has 0 bridgehead atoms. The van der Waals surface area contributed by atoms with Crippen molar-refractivity contribution in [1.29, 1.82) is 0 Å². The van der Waals surface area contributed by atoms with E-state index < -0.39 is 36.6 Å². The van der Waals surface area contributed by atoms with Gasteiger partial charge in [-0.05, 0) is 13.8 Å². The summed E-state index contributed by atoms with van der Waals surface area (Å²) in [6.07, 6.45) is -5.79. The Balaban J connectivity index is 0. The van der Waals surface area contributed by atoms with E-state index in [0.717, 1.165) is 0 Å². The summed E-state index contributed by atoms with van der Waals surface area (Å²) in [5, 5.41) is 52.4. The maximum Gasteiger partial charge on any atom is 0.148 e. The molecule has 0 aromatic heterocycles. The summed E-state index contributed by atoms with van der Waals surface area (Å²) in [6.45, 7) is 2.78. The molecule has 0 rings (SSSR count). The number of rotatable bonds is 8. The van der Waals surface area contributed by atoms with Crippen molar-refractivity contribution in [3.63, 3.8) is 0 Å². The van der Waals surface area contributed by atoms with E-state index in [4.69, 9.17) is 30.6 Å². The first-order valence-corrected chi connectivity index (χ1v) is 6.14. The highest BCUT2D eigenvalue weighted by Crippen LogP contribution is 2.01. The fraction of sp³-hybridized carbons (Fsp3) is 0.833. The van der Waals surface area contributed by atoms with Crippen LogP contribution in [0.5, 0.6) is 0 Å². The molecule has 0 aromatic rings. The van der Waals surface area contributed by atoms with Crippen LogP contribution < -0.4 is 0 Å². The Labute approximate surface area is 117 Å². The molecule has 120 valence electrons. The molecule has 0 aliphatic heterocycles. The largest absolute Gasteiger partial charge is 0.391 e. The molecular formula is C12H24O8. The molecule has 8 nitrogen and oxygen atoms in total. The zero-order chi connectivity index (χ0) is 16.3. The second-order valence-electron chi connectivity index (χ2n) is 4.49. The number of carbonyl (C=O) groups is 2. The van der Waals surface area contributed by atoms with Gasteiger partial charge < -0.3 is 40.2 Å². The van der Waals surface area contributed by atoms with Gasteiger partial charge >= 0.3 is 0 Å². The van der Waals surface area contributed by atoms with Crippen LogP contribution in [0.25, 0.3) is 0 Å². The van der Waals surface area contributed by atoms with E-state index in [9.17, 15) is 9.59 Å². The van der Waals surface area contributed by atoms with Crippen LogP contribution in [-0.4, -0.2) is 79.8 Å². The van der Waals surface area contributed by atoms with Crippen molar-refractivity contribution in [2.24, 2.45) is 0 Å². The van der Waals surface area contributed by atoms with Gasteiger partial charge in [0.2, 0.25) is 0 Å². The lowest BCUT2D eigenvalue weighted by Crippen LogP contribution is -2.28. The van der Waals surface area contributed by atoms with Gasteiger partial charge in [0.05, 0.1) is 24.4 Å². The average molecular weight is 296 g/mol. The third-order valence-corrected chi connectivity index (χ3v) is 2.39. The monoisotopic (exact) mass is 296 g/mol. The number of aldehydes is 2. The van der Waals surface area contributed by atoms with Crippen LogP contribution in [0.4, 0.5) is 0 Å². The predicted molar refractivity (Wildman–Crippen MR) is 68.8 cm³/mol. The smallest absolute Gasteiger partial charge is 0.148 e. The van der Waals surface area contributed by atoms with Crippen molar-refractivity contribution in [1.82, 2.24) is 0 Å². The Kier molecular flexibility index (Phi) is 12.7. The van der Waals surface area contributed by atoms with Crippen molar-refractivity contribution in [3.05, 3.63) is 0 Å². The third kappa shape index (κ3) is 12.2. The van der Waals surface area contributed by atoms with Gasteiger partial charge in [-0.15, -0.1) is 0 Å². The molecule has 6 atom stereocenters. The zero-order valence-electron chi connectivity index (χ0n) is 11.5. The van der Waals surface area contributed by atoms with E-state index in [0.29, 0.717) is 12.6 Å². The first-order valence-electron chi connectivity index (χ1n) is 6.14. The number of hydrogen-bond acceptors (Lipinski definition) is 8. The molecule has 0 amide bonds. The molecule has 0 aliphatic rings. The summed E-state index contributed by atoms with van der Waals surface area (Å²) in [4.78, 5) is 19.6. The third-order valence-electron chi connectivity index (χ3n) is 2.39. The Morgan fingerprint density at radius 1 is 0.700 bits per heavy atom. The maximum atomic E-state index is 9.82. The Morgan fingerprint density at radius 2 is 0.950 bits per heavy atom. The van der Waals surface area contributed by atoms with Gasteiger partial charge in [0.1, 0.15) is 24.8 Å². The topological polar surface area (TPSA) is 156 Å². The molecule has 0 saturated carbocycles. The lowest BCUT2D eigenvalue weighted by molar-refractivity contribution is -0.117.